The maximum atomic E-state index is 9.19. The molecule has 3 rings (SSSR count). The number of rotatable bonds is 5. The maximum Gasteiger partial charge on any atom is 0.229 e. The smallest absolute Gasteiger partial charge is 0.229 e. The Labute approximate surface area is 147 Å². The van der Waals surface area contributed by atoms with Crippen molar-refractivity contribution in [2.24, 2.45) is 0 Å². The number of nitrogens with one attached hydrogen (secondary N) is 2. The van der Waals surface area contributed by atoms with Crippen LogP contribution < -0.4 is 10.6 Å². The van der Waals surface area contributed by atoms with E-state index in [1.807, 2.05) is 36.4 Å². The molecule has 5 nitrogen and oxygen atoms in total. The fraction of sp³-hybridized carbons (Fsp3) is 0.150. The van der Waals surface area contributed by atoms with Crippen molar-refractivity contribution in [1.29, 1.82) is 5.26 Å². The van der Waals surface area contributed by atoms with Gasteiger partial charge in [-0.3, -0.25) is 0 Å². The Bertz CT molecular complexity index is 912. The summed E-state index contributed by atoms with van der Waals surface area (Å²) in [6.45, 7) is 4.30. The minimum atomic E-state index is 0.396. The van der Waals surface area contributed by atoms with E-state index in [2.05, 4.69) is 46.6 Å². The van der Waals surface area contributed by atoms with E-state index < -0.39 is 0 Å². The van der Waals surface area contributed by atoms with E-state index in [4.69, 9.17) is 0 Å². The lowest BCUT2D eigenvalue weighted by Gasteiger charge is -2.14. The zero-order valence-corrected chi connectivity index (χ0v) is 14.2. The fourth-order valence-electron chi connectivity index (χ4n) is 2.55. The van der Waals surface area contributed by atoms with Crippen LogP contribution in [0, 0.1) is 11.3 Å². The summed E-state index contributed by atoms with van der Waals surface area (Å²) in [5, 5.41) is 15.6. The van der Waals surface area contributed by atoms with Crippen LogP contribution in [0.25, 0.3) is 0 Å². The van der Waals surface area contributed by atoms with E-state index in [9.17, 15) is 5.26 Å². The molecule has 124 valence electrons. The van der Waals surface area contributed by atoms with Gasteiger partial charge in [0.15, 0.2) is 0 Å². The first-order chi connectivity index (χ1) is 12.2. The SMILES string of the molecule is CC(C)c1ccccc1Nc1nccc(Nc2ccccc2C#N)n1. The van der Waals surface area contributed by atoms with Crippen LogP contribution in [0.4, 0.5) is 23.1 Å². The number of anilines is 4. The molecule has 0 fully saturated rings. The Morgan fingerprint density at radius 3 is 2.40 bits per heavy atom. The predicted molar refractivity (Wildman–Crippen MR) is 100 cm³/mol. The highest BCUT2D eigenvalue weighted by Gasteiger charge is 2.08. The summed E-state index contributed by atoms with van der Waals surface area (Å²) in [5.41, 5.74) is 3.49. The van der Waals surface area contributed by atoms with Crippen LogP contribution in [0.5, 0.6) is 0 Å². The minimum absolute atomic E-state index is 0.396. The zero-order valence-electron chi connectivity index (χ0n) is 14.2. The van der Waals surface area contributed by atoms with Crippen molar-refractivity contribution in [3.8, 4) is 6.07 Å². The molecule has 25 heavy (non-hydrogen) atoms. The van der Waals surface area contributed by atoms with Gasteiger partial charge < -0.3 is 10.6 Å². The van der Waals surface area contributed by atoms with Crippen molar-refractivity contribution in [3.63, 3.8) is 0 Å². The van der Waals surface area contributed by atoms with Gasteiger partial charge >= 0.3 is 0 Å². The van der Waals surface area contributed by atoms with Gasteiger partial charge in [-0.25, -0.2) is 4.98 Å². The molecule has 0 aliphatic heterocycles. The van der Waals surface area contributed by atoms with Crippen LogP contribution >= 0.6 is 0 Å². The molecule has 0 spiro atoms. The lowest BCUT2D eigenvalue weighted by molar-refractivity contribution is 0.868. The monoisotopic (exact) mass is 329 g/mol. The second-order valence-electron chi connectivity index (χ2n) is 5.91. The highest BCUT2D eigenvalue weighted by Crippen LogP contribution is 2.26. The van der Waals surface area contributed by atoms with Gasteiger partial charge in [0.2, 0.25) is 5.95 Å². The van der Waals surface area contributed by atoms with Crippen LogP contribution in [-0.4, -0.2) is 9.97 Å². The second-order valence-corrected chi connectivity index (χ2v) is 5.91. The van der Waals surface area contributed by atoms with Crippen LogP contribution in [-0.2, 0) is 0 Å². The number of hydrogen-bond acceptors (Lipinski definition) is 5. The quantitative estimate of drug-likeness (QED) is 0.692. The number of benzene rings is 2. The van der Waals surface area contributed by atoms with Gasteiger partial charge in [-0.1, -0.05) is 44.2 Å². The molecule has 0 bridgehead atoms. The Balaban J connectivity index is 1.84. The summed E-state index contributed by atoms with van der Waals surface area (Å²) in [6, 6.07) is 19.4. The molecule has 1 heterocycles. The van der Waals surface area contributed by atoms with Gasteiger partial charge in [-0.15, -0.1) is 0 Å². The molecule has 0 atom stereocenters. The minimum Gasteiger partial charge on any atom is -0.339 e. The van der Waals surface area contributed by atoms with Gasteiger partial charge in [-0.05, 0) is 35.7 Å². The zero-order chi connectivity index (χ0) is 17.6. The molecule has 0 radical (unpaired) electrons. The van der Waals surface area contributed by atoms with Crippen molar-refractivity contribution < 1.29 is 0 Å². The van der Waals surface area contributed by atoms with Crippen molar-refractivity contribution in [1.82, 2.24) is 9.97 Å². The van der Waals surface area contributed by atoms with Crippen molar-refractivity contribution in [3.05, 3.63) is 71.9 Å². The summed E-state index contributed by atoms with van der Waals surface area (Å²) in [7, 11) is 0. The average molecular weight is 329 g/mol. The summed E-state index contributed by atoms with van der Waals surface area (Å²) in [5.74, 6) is 1.53. The number of aromatic nitrogens is 2. The topological polar surface area (TPSA) is 73.6 Å². The van der Waals surface area contributed by atoms with E-state index in [-0.39, 0.29) is 0 Å². The number of nitrogens with zero attached hydrogens (tertiary/aromatic N) is 3. The first-order valence-electron chi connectivity index (χ1n) is 8.12. The van der Waals surface area contributed by atoms with Gasteiger partial charge in [0.1, 0.15) is 11.9 Å². The molecular formula is C20H19N5. The van der Waals surface area contributed by atoms with Crippen LogP contribution in [0.2, 0.25) is 0 Å². The highest BCUT2D eigenvalue weighted by atomic mass is 15.1. The first kappa shape index (κ1) is 16.5. The van der Waals surface area contributed by atoms with Crippen LogP contribution in [0.15, 0.2) is 60.8 Å². The molecule has 0 aliphatic rings. The van der Waals surface area contributed by atoms with E-state index in [1.165, 1.54) is 5.56 Å². The normalized spacial score (nSPS) is 10.3. The van der Waals surface area contributed by atoms with Gasteiger partial charge in [0, 0.05) is 11.9 Å². The van der Waals surface area contributed by atoms with Crippen LogP contribution in [0.3, 0.4) is 0 Å². The fourth-order valence-corrected chi connectivity index (χ4v) is 2.55. The van der Waals surface area contributed by atoms with E-state index in [1.54, 1.807) is 18.3 Å². The maximum absolute atomic E-state index is 9.19. The lowest BCUT2D eigenvalue weighted by Crippen LogP contribution is -2.03. The average Bonchev–Trinajstić information content (AvgIpc) is 2.63. The molecular weight excluding hydrogens is 310 g/mol. The third-order valence-electron chi connectivity index (χ3n) is 3.80. The standard InChI is InChI=1S/C20H19N5/c1-14(2)16-8-4-6-10-18(16)24-20-22-12-11-19(25-20)23-17-9-5-3-7-15(17)13-21/h3-12,14H,1-2H3,(H2,22,23,24,25). The Hall–Kier alpha value is -3.39. The van der Waals surface area contributed by atoms with Crippen LogP contribution in [0.1, 0.15) is 30.9 Å². The molecule has 1 aromatic heterocycles. The van der Waals surface area contributed by atoms with Crippen molar-refractivity contribution in [2.45, 2.75) is 19.8 Å². The van der Waals surface area contributed by atoms with Crippen molar-refractivity contribution >= 4 is 23.1 Å². The molecule has 0 unspecified atom stereocenters. The highest BCUT2D eigenvalue weighted by molar-refractivity contribution is 5.66. The number of hydrogen-bond donors (Lipinski definition) is 2. The third-order valence-corrected chi connectivity index (χ3v) is 3.80. The second kappa shape index (κ2) is 7.45. The molecule has 2 N–H and O–H groups in total. The van der Waals surface area contributed by atoms with Gasteiger partial charge in [0.05, 0.1) is 11.3 Å². The Kier molecular flexibility index (Phi) is 4.91. The van der Waals surface area contributed by atoms with E-state index in [0.29, 0.717) is 23.2 Å². The molecule has 0 aliphatic carbocycles. The summed E-state index contributed by atoms with van der Waals surface area (Å²) >= 11 is 0. The van der Waals surface area contributed by atoms with Gasteiger partial charge in [0.25, 0.3) is 0 Å². The third kappa shape index (κ3) is 3.93. The Morgan fingerprint density at radius 1 is 0.920 bits per heavy atom. The molecule has 0 saturated carbocycles. The largest absolute Gasteiger partial charge is 0.339 e. The van der Waals surface area contributed by atoms with E-state index in [0.717, 1.165) is 11.4 Å². The summed E-state index contributed by atoms with van der Waals surface area (Å²) in [4.78, 5) is 8.79. The number of nitriles is 1. The lowest BCUT2D eigenvalue weighted by atomic mass is 10.0. The predicted octanol–water partition coefficient (Wildman–Crippen LogP) is 4.96. The molecule has 3 aromatic rings. The summed E-state index contributed by atoms with van der Waals surface area (Å²) in [6.07, 6.45) is 1.69. The molecule has 5 heteroatoms. The Morgan fingerprint density at radius 2 is 1.64 bits per heavy atom. The van der Waals surface area contributed by atoms with E-state index >= 15 is 0 Å². The first-order valence-corrected chi connectivity index (χ1v) is 8.12. The molecule has 0 amide bonds. The van der Waals surface area contributed by atoms with Crippen molar-refractivity contribution in [2.75, 3.05) is 10.6 Å². The number of para-hydroxylation sites is 2. The van der Waals surface area contributed by atoms with Gasteiger partial charge in [-0.2, -0.15) is 10.2 Å². The summed E-state index contributed by atoms with van der Waals surface area (Å²) < 4.78 is 0. The molecule has 0 saturated heterocycles. The molecule has 2 aromatic carbocycles.